The average molecular weight is 364 g/mol. The molecule has 0 saturated heterocycles. The summed E-state index contributed by atoms with van der Waals surface area (Å²) in [5, 5.41) is 3.66. The highest BCUT2D eigenvalue weighted by atomic mass is 32.1. The number of thiazole rings is 1. The van der Waals surface area contributed by atoms with Crippen LogP contribution in [0.3, 0.4) is 0 Å². The van der Waals surface area contributed by atoms with Crippen molar-refractivity contribution in [3.63, 3.8) is 0 Å². The molecule has 4 nitrogen and oxygen atoms in total. The van der Waals surface area contributed by atoms with Gasteiger partial charge < -0.3 is 10.1 Å². The van der Waals surface area contributed by atoms with E-state index >= 15 is 0 Å². The van der Waals surface area contributed by atoms with Gasteiger partial charge in [0.1, 0.15) is 17.4 Å². The number of amides is 1. The third-order valence-electron chi connectivity index (χ3n) is 4.43. The van der Waals surface area contributed by atoms with E-state index < -0.39 is 0 Å². The van der Waals surface area contributed by atoms with Crippen LogP contribution in [0.4, 0.5) is 0 Å². The predicted octanol–water partition coefficient (Wildman–Crippen LogP) is 3.99. The number of aryl methyl sites for hydroxylation is 2. The number of nitrogens with zero attached hydrogens (tertiary/aromatic N) is 1. The Morgan fingerprint density at radius 3 is 3.00 bits per heavy atom. The van der Waals surface area contributed by atoms with E-state index in [2.05, 4.69) is 22.4 Å². The van der Waals surface area contributed by atoms with Crippen LogP contribution in [0.25, 0.3) is 16.3 Å². The van der Waals surface area contributed by atoms with Crippen molar-refractivity contribution in [2.24, 2.45) is 0 Å². The van der Waals surface area contributed by atoms with Gasteiger partial charge in [-0.3, -0.25) is 4.79 Å². The molecule has 0 fully saturated rings. The van der Waals surface area contributed by atoms with E-state index in [-0.39, 0.29) is 5.91 Å². The molecule has 0 radical (unpaired) electrons. The Hall–Kier alpha value is -2.66. The van der Waals surface area contributed by atoms with Crippen LogP contribution in [0, 0.1) is 0 Å². The van der Waals surface area contributed by atoms with Crippen LogP contribution in [-0.2, 0) is 17.6 Å². The topological polar surface area (TPSA) is 51.2 Å². The van der Waals surface area contributed by atoms with Crippen LogP contribution in [0.15, 0.2) is 48.5 Å². The molecule has 1 aliphatic carbocycles. The number of carbonyl (C=O) groups excluding carboxylic acids is 1. The first-order valence-corrected chi connectivity index (χ1v) is 9.66. The largest absolute Gasteiger partial charge is 0.492 e. The van der Waals surface area contributed by atoms with Crippen molar-refractivity contribution < 1.29 is 9.53 Å². The Bertz CT molecular complexity index is 929. The van der Waals surface area contributed by atoms with Crippen LogP contribution in [0.5, 0.6) is 5.75 Å². The van der Waals surface area contributed by atoms with Gasteiger partial charge in [0.25, 0.3) is 0 Å². The number of hydrogen-bond acceptors (Lipinski definition) is 4. The number of nitrogens with one attached hydrogen (secondary N) is 1. The lowest BCUT2D eigenvalue weighted by Gasteiger charge is -2.08. The molecule has 1 heterocycles. The van der Waals surface area contributed by atoms with Crippen molar-refractivity contribution in [2.45, 2.75) is 19.3 Å². The number of aromatic nitrogens is 1. The van der Waals surface area contributed by atoms with Crippen molar-refractivity contribution in [2.75, 3.05) is 13.2 Å². The first-order valence-electron chi connectivity index (χ1n) is 8.84. The first kappa shape index (κ1) is 16.8. The minimum atomic E-state index is -0.137. The SMILES string of the molecule is O=C(/C=C/c1nc2ccccc2s1)NCCOc1ccc2c(c1)CCC2. The Balaban J connectivity index is 1.23. The summed E-state index contributed by atoms with van der Waals surface area (Å²) in [7, 11) is 0. The summed E-state index contributed by atoms with van der Waals surface area (Å²) in [6.45, 7) is 0.930. The van der Waals surface area contributed by atoms with Gasteiger partial charge in [0.05, 0.1) is 16.8 Å². The van der Waals surface area contributed by atoms with Gasteiger partial charge in [-0.1, -0.05) is 18.2 Å². The van der Waals surface area contributed by atoms with E-state index in [0.29, 0.717) is 13.2 Å². The number of benzene rings is 2. The van der Waals surface area contributed by atoms with E-state index in [0.717, 1.165) is 27.4 Å². The summed E-state index contributed by atoms with van der Waals surface area (Å²) in [5.41, 5.74) is 3.79. The van der Waals surface area contributed by atoms with E-state index in [9.17, 15) is 4.79 Å². The normalized spacial score (nSPS) is 13.2. The van der Waals surface area contributed by atoms with Crippen LogP contribution in [-0.4, -0.2) is 24.0 Å². The van der Waals surface area contributed by atoms with Gasteiger partial charge >= 0.3 is 0 Å². The molecule has 0 bridgehead atoms. The molecule has 0 unspecified atom stereocenters. The molecule has 0 aliphatic heterocycles. The number of fused-ring (bicyclic) bond motifs is 2. The van der Waals surface area contributed by atoms with E-state index in [4.69, 9.17) is 4.74 Å². The third-order valence-corrected chi connectivity index (χ3v) is 5.43. The van der Waals surface area contributed by atoms with Gasteiger partial charge in [0.2, 0.25) is 5.91 Å². The van der Waals surface area contributed by atoms with Crippen LogP contribution >= 0.6 is 11.3 Å². The summed E-state index contributed by atoms with van der Waals surface area (Å²) in [6.07, 6.45) is 6.82. The van der Waals surface area contributed by atoms with E-state index in [1.165, 1.54) is 30.0 Å². The second-order valence-electron chi connectivity index (χ2n) is 6.28. The second-order valence-corrected chi connectivity index (χ2v) is 7.34. The molecule has 0 saturated carbocycles. The van der Waals surface area contributed by atoms with Crippen LogP contribution in [0.1, 0.15) is 22.6 Å². The maximum Gasteiger partial charge on any atom is 0.244 e. The Morgan fingerprint density at radius 1 is 1.19 bits per heavy atom. The van der Waals surface area contributed by atoms with Gasteiger partial charge in [0, 0.05) is 6.08 Å². The Kier molecular flexibility index (Phi) is 4.97. The molecular formula is C21H20N2O2S. The molecule has 1 aromatic heterocycles. The molecule has 1 N–H and O–H groups in total. The zero-order chi connectivity index (χ0) is 17.8. The zero-order valence-electron chi connectivity index (χ0n) is 14.4. The molecule has 0 atom stereocenters. The van der Waals surface area contributed by atoms with Crippen molar-refractivity contribution in [1.29, 1.82) is 0 Å². The minimum Gasteiger partial charge on any atom is -0.492 e. The van der Waals surface area contributed by atoms with Crippen molar-refractivity contribution in [3.8, 4) is 5.75 Å². The summed E-state index contributed by atoms with van der Waals surface area (Å²) in [6, 6.07) is 14.2. The number of rotatable bonds is 6. The monoisotopic (exact) mass is 364 g/mol. The summed E-state index contributed by atoms with van der Waals surface area (Å²) in [5.74, 6) is 0.742. The highest BCUT2D eigenvalue weighted by Gasteiger charge is 2.11. The number of ether oxygens (including phenoxy) is 1. The fraction of sp³-hybridized carbons (Fsp3) is 0.238. The summed E-state index contributed by atoms with van der Waals surface area (Å²) >= 11 is 1.57. The maximum atomic E-state index is 11.9. The standard InChI is InChI=1S/C21H20N2O2S/c24-20(10-11-21-23-18-6-1-2-7-19(18)26-21)22-12-13-25-17-9-8-15-4-3-5-16(15)14-17/h1-2,6-11,14H,3-5,12-13H2,(H,22,24)/b11-10+. The fourth-order valence-corrected chi connectivity index (χ4v) is 4.02. The summed E-state index contributed by atoms with van der Waals surface area (Å²) in [4.78, 5) is 16.4. The fourth-order valence-electron chi connectivity index (χ4n) is 3.15. The maximum absolute atomic E-state index is 11.9. The van der Waals surface area contributed by atoms with Crippen molar-refractivity contribution >= 4 is 33.5 Å². The number of carbonyl (C=O) groups is 1. The lowest BCUT2D eigenvalue weighted by molar-refractivity contribution is -0.116. The van der Waals surface area contributed by atoms with E-state index in [1.807, 2.05) is 30.3 Å². The van der Waals surface area contributed by atoms with Crippen molar-refractivity contribution in [1.82, 2.24) is 10.3 Å². The van der Waals surface area contributed by atoms with Gasteiger partial charge in [-0.2, -0.15) is 0 Å². The Labute approximate surface area is 156 Å². The smallest absolute Gasteiger partial charge is 0.244 e. The van der Waals surface area contributed by atoms with Crippen LogP contribution in [0.2, 0.25) is 0 Å². The number of para-hydroxylation sites is 1. The Morgan fingerprint density at radius 2 is 2.08 bits per heavy atom. The third kappa shape index (κ3) is 3.94. The molecule has 1 amide bonds. The van der Waals surface area contributed by atoms with Crippen molar-refractivity contribution in [3.05, 3.63) is 64.7 Å². The minimum absolute atomic E-state index is 0.137. The molecule has 132 valence electrons. The second kappa shape index (κ2) is 7.70. The van der Waals surface area contributed by atoms with Crippen LogP contribution < -0.4 is 10.1 Å². The average Bonchev–Trinajstić information content (AvgIpc) is 3.29. The zero-order valence-corrected chi connectivity index (χ0v) is 15.2. The highest BCUT2D eigenvalue weighted by molar-refractivity contribution is 7.19. The van der Waals surface area contributed by atoms with Gasteiger partial charge in [0.15, 0.2) is 0 Å². The molecule has 5 heteroatoms. The van der Waals surface area contributed by atoms with E-state index in [1.54, 1.807) is 17.4 Å². The molecule has 1 aliphatic rings. The number of hydrogen-bond donors (Lipinski definition) is 1. The van der Waals surface area contributed by atoms with Gasteiger partial charge in [-0.25, -0.2) is 4.98 Å². The molecule has 26 heavy (non-hydrogen) atoms. The summed E-state index contributed by atoms with van der Waals surface area (Å²) < 4.78 is 6.86. The molecule has 0 spiro atoms. The van der Waals surface area contributed by atoms with Gasteiger partial charge in [-0.15, -0.1) is 11.3 Å². The lowest BCUT2D eigenvalue weighted by Crippen LogP contribution is -2.26. The molecular weight excluding hydrogens is 344 g/mol. The lowest BCUT2D eigenvalue weighted by atomic mass is 10.1. The van der Waals surface area contributed by atoms with Gasteiger partial charge in [-0.05, 0) is 60.7 Å². The molecule has 4 rings (SSSR count). The predicted molar refractivity (Wildman–Crippen MR) is 106 cm³/mol. The first-order chi connectivity index (χ1) is 12.8. The molecule has 2 aromatic carbocycles. The molecule has 3 aromatic rings. The highest BCUT2D eigenvalue weighted by Crippen LogP contribution is 2.26. The quantitative estimate of drug-likeness (QED) is 0.531.